The Labute approximate surface area is 263 Å². The third-order valence-corrected chi connectivity index (χ3v) is 9.00. The third-order valence-electron chi connectivity index (χ3n) is 7.14. The summed E-state index contributed by atoms with van der Waals surface area (Å²) in [6.45, 7) is 7.09. The van der Waals surface area contributed by atoms with Crippen molar-refractivity contribution in [1.82, 2.24) is 20.4 Å². The minimum atomic E-state index is -3.72. The molecule has 2 heterocycles. The number of amides is 1. The first-order valence-electron chi connectivity index (χ1n) is 14.9. The highest BCUT2D eigenvalue weighted by atomic mass is 32.2. The van der Waals surface area contributed by atoms with Gasteiger partial charge >= 0.3 is 0 Å². The summed E-state index contributed by atoms with van der Waals surface area (Å²) in [5.74, 6) is -1.72. The Morgan fingerprint density at radius 3 is 2.49 bits per heavy atom. The first-order valence-corrected chi connectivity index (χ1v) is 16.5. The van der Waals surface area contributed by atoms with Crippen molar-refractivity contribution in [3.05, 3.63) is 77.4 Å². The predicted octanol–water partition coefficient (Wildman–Crippen LogP) is 2.99. The maximum absolute atomic E-state index is 16.0. The van der Waals surface area contributed by atoms with Gasteiger partial charge in [-0.1, -0.05) is 30.3 Å². The van der Waals surface area contributed by atoms with E-state index in [1.807, 2.05) is 62.0 Å². The van der Waals surface area contributed by atoms with E-state index < -0.39 is 33.9 Å². The fourth-order valence-corrected chi connectivity index (χ4v) is 6.64. The molecule has 1 fully saturated rings. The van der Waals surface area contributed by atoms with E-state index in [9.17, 15) is 18.3 Å². The van der Waals surface area contributed by atoms with Gasteiger partial charge in [-0.3, -0.25) is 18.6 Å². The van der Waals surface area contributed by atoms with Gasteiger partial charge < -0.3 is 26.2 Å². The van der Waals surface area contributed by atoms with Gasteiger partial charge in [0.25, 0.3) is 12.4 Å². The Bertz CT molecular complexity index is 1500. The van der Waals surface area contributed by atoms with E-state index in [2.05, 4.69) is 21.0 Å². The molecular formula is C31H43FN6O6S. The molecule has 45 heavy (non-hydrogen) atoms. The van der Waals surface area contributed by atoms with E-state index in [0.717, 1.165) is 22.0 Å². The second-order valence-corrected chi connectivity index (χ2v) is 13.0. The molecule has 0 saturated carbocycles. The van der Waals surface area contributed by atoms with Gasteiger partial charge in [-0.2, -0.15) is 5.10 Å². The molecule has 3 aromatic rings. The second kappa shape index (κ2) is 16.9. The van der Waals surface area contributed by atoms with Crippen LogP contribution in [0.5, 0.6) is 0 Å². The predicted molar refractivity (Wildman–Crippen MR) is 171 cm³/mol. The van der Waals surface area contributed by atoms with Crippen LogP contribution in [0.25, 0.3) is 0 Å². The van der Waals surface area contributed by atoms with E-state index >= 15 is 4.39 Å². The number of rotatable bonds is 13. The van der Waals surface area contributed by atoms with Gasteiger partial charge in [-0.25, -0.2) is 12.8 Å². The van der Waals surface area contributed by atoms with Crippen LogP contribution >= 0.6 is 0 Å². The van der Waals surface area contributed by atoms with Crippen LogP contribution in [-0.4, -0.2) is 77.8 Å². The van der Waals surface area contributed by atoms with Crippen LogP contribution in [0.15, 0.2) is 54.9 Å². The van der Waals surface area contributed by atoms with Crippen molar-refractivity contribution in [3.63, 3.8) is 0 Å². The number of anilines is 2. The molecule has 2 aromatic carbocycles. The number of aryl methyl sites for hydroxylation is 1. The monoisotopic (exact) mass is 646 g/mol. The van der Waals surface area contributed by atoms with Crippen LogP contribution in [-0.2, 0) is 34.3 Å². The highest BCUT2D eigenvalue weighted by Crippen LogP contribution is 2.32. The molecule has 5 N–H and O–H groups in total. The maximum Gasteiger partial charge on any atom is 0.290 e. The van der Waals surface area contributed by atoms with Crippen molar-refractivity contribution in [1.29, 1.82) is 0 Å². The molecule has 0 bridgehead atoms. The Balaban J connectivity index is 0.00000177. The van der Waals surface area contributed by atoms with E-state index in [4.69, 9.17) is 9.90 Å². The average Bonchev–Trinajstić information content (AvgIpc) is 3.46. The topological polar surface area (TPSA) is 166 Å². The number of benzene rings is 2. The molecule has 1 amide bonds. The van der Waals surface area contributed by atoms with Crippen molar-refractivity contribution < 1.29 is 32.6 Å². The fraction of sp³-hybridized carbons (Fsp3) is 0.452. The molecule has 4 rings (SSSR count). The first-order chi connectivity index (χ1) is 21.5. The number of carboxylic acid groups (broad SMARTS) is 1. The lowest BCUT2D eigenvalue weighted by Crippen LogP contribution is -2.49. The smallest absolute Gasteiger partial charge is 0.290 e. The molecule has 246 valence electrons. The van der Waals surface area contributed by atoms with Crippen molar-refractivity contribution in [3.8, 4) is 0 Å². The summed E-state index contributed by atoms with van der Waals surface area (Å²) in [5.41, 5.74) is 1.84. The highest BCUT2D eigenvalue weighted by Gasteiger charge is 2.32. The lowest BCUT2D eigenvalue weighted by atomic mass is 10.00. The maximum atomic E-state index is 16.0. The summed E-state index contributed by atoms with van der Waals surface area (Å²) < 4.78 is 44.5. The Kier molecular flexibility index (Phi) is 13.3. The summed E-state index contributed by atoms with van der Waals surface area (Å²) in [6, 6.07) is 11.4. The van der Waals surface area contributed by atoms with Crippen molar-refractivity contribution in [2.75, 3.05) is 28.5 Å². The number of aliphatic hydroxyl groups is 1. The van der Waals surface area contributed by atoms with E-state index in [1.165, 1.54) is 12.1 Å². The zero-order valence-electron chi connectivity index (χ0n) is 25.8. The van der Waals surface area contributed by atoms with Gasteiger partial charge in [-0.15, -0.1) is 0 Å². The van der Waals surface area contributed by atoms with Crippen LogP contribution < -0.4 is 20.3 Å². The fourth-order valence-electron chi connectivity index (χ4n) is 5.01. The van der Waals surface area contributed by atoms with E-state index in [1.54, 1.807) is 6.20 Å². The van der Waals surface area contributed by atoms with Crippen LogP contribution in [0.2, 0.25) is 0 Å². The van der Waals surface area contributed by atoms with Crippen LogP contribution in [0.4, 0.5) is 15.8 Å². The number of carbonyl (C=O) groups is 2. The lowest BCUT2D eigenvalue weighted by Gasteiger charge is -2.30. The standard InChI is InChI=1S/C30H41FN6O4S.CH2O2/c1-4-36-20-23(18-33-36)17-32-19-28(38)26(14-22-10-6-5-7-11-22)35-30(39)25-15-24(34-21(2)3)16-27(29(25)31)37-12-8-9-13-42(37,40)41;2-1-3/h5-7,10-11,15-16,18,20-21,26,28,32,34,38H,4,8-9,12-14,17,19H2,1-3H3,(H,35,39);1H,(H,2,3)/t26-,28+;/m0./s1. The van der Waals surface area contributed by atoms with Crippen LogP contribution in [0, 0.1) is 5.82 Å². The minimum absolute atomic E-state index is 0.0413. The molecule has 0 radical (unpaired) electrons. The molecule has 14 heteroatoms. The van der Waals surface area contributed by atoms with Gasteiger partial charge in [-0.05, 0) is 57.7 Å². The van der Waals surface area contributed by atoms with Gasteiger partial charge in [0.05, 0.1) is 35.3 Å². The number of carbonyl (C=O) groups excluding carboxylic acids is 1. The summed E-state index contributed by atoms with van der Waals surface area (Å²) >= 11 is 0. The molecule has 0 unspecified atom stereocenters. The van der Waals surface area contributed by atoms with Gasteiger partial charge in [0.15, 0.2) is 5.82 Å². The molecule has 12 nitrogen and oxygen atoms in total. The zero-order chi connectivity index (χ0) is 33.0. The summed E-state index contributed by atoms with van der Waals surface area (Å²) in [5, 5.41) is 31.5. The average molecular weight is 647 g/mol. The highest BCUT2D eigenvalue weighted by molar-refractivity contribution is 7.92. The number of hydrogen-bond donors (Lipinski definition) is 5. The van der Waals surface area contributed by atoms with Crippen molar-refractivity contribution in [2.45, 2.75) is 71.3 Å². The SMILES string of the molecule is CCn1cc(CNC[C@@H](O)[C@H](Cc2ccccc2)NC(=O)c2cc(NC(C)C)cc(N3CCCCS3(=O)=O)c2F)cn1.O=CO. The summed E-state index contributed by atoms with van der Waals surface area (Å²) in [4.78, 5) is 22.0. The molecule has 0 spiro atoms. The van der Waals surface area contributed by atoms with Crippen molar-refractivity contribution in [2.24, 2.45) is 0 Å². The Morgan fingerprint density at radius 1 is 1.16 bits per heavy atom. The molecule has 2 atom stereocenters. The first kappa shape index (κ1) is 35.5. The second-order valence-electron chi connectivity index (χ2n) is 11.0. The minimum Gasteiger partial charge on any atom is -0.483 e. The molecular weight excluding hydrogens is 603 g/mol. The largest absolute Gasteiger partial charge is 0.483 e. The number of aliphatic hydroxyl groups excluding tert-OH is 1. The number of nitrogens with one attached hydrogen (secondary N) is 3. The number of sulfonamides is 1. The number of halogens is 1. The number of nitrogens with zero attached hydrogens (tertiary/aromatic N) is 3. The summed E-state index contributed by atoms with van der Waals surface area (Å²) in [6.07, 6.45) is 4.09. The number of hydrogen-bond acceptors (Lipinski definition) is 8. The quantitative estimate of drug-likeness (QED) is 0.176. The van der Waals surface area contributed by atoms with Crippen LogP contribution in [0.3, 0.4) is 0 Å². The molecule has 1 aliphatic heterocycles. The van der Waals surface area contributed by atoms with E-state index in [-0.39, 0.29) is 42.6 Å². The number of aromatic nitrogens is 2. The molecule has 1 aliphatic rings. The van der Waals surface area contributed by atoms with Gasteiger partial charge in [0, 0.05) is 49.7 Å². The molecule has 1 saturated heterocycles. The van der Waals surface area contributed by atoms with Crippen LogP contribution in [0.1, 0.15) is 55.1 Å². The van der Waals surface area contributed by atoms with E-state index in [0.29, 0.717) is 31.5 Å². The van der Waals surface area contributed by atoms with Crippen molar-refractivity contribution >= 4 is 33.8 Å². The Morgan fingerprint density at radius 2 is 1.87 bits per heavy atom. The zero-order valence-corrected chi connectivity index (χ0v) is 26.6. The van der Waals surface area contributed by atoms with Gasteiger partial charge in [0.1, 0.15) is 0 Å². The normalized spacial score (nSPS) is 15.5. The van der Waals surface area contributed by atoms with Gasteiger partial charge in [0.2, 0.25) is 10.0 Å². The molecule has 1 aromatic heterocycles. The third kappa shape index (κ3) is 10.3. The summed E-state index contributed by atoms with van der Waals surface area (Å²) in [7, 11) is -3.72. The Hall–Kier alpha value is -4.01. The lowest BCUT2D eigenvalue weighted by molar-refractivity contribution is -0.122. The molecule has 0 aliphatic carbocycles.